The van der Waals surface area contributed by atoms with Crippen LogP contribution in [0.4, 0.5) is 4.79 Å². The van der Waals surface area contributed by atoms with Crippen LogP contribution in [0.25, 0.3) is 11.1 Å². The summed E-state index contributed by atoms with van der Waals surface area (Å²) < 4.78 is 4.71. The number of nitrogens with zero attached hydrogens (tertiary/aromatic N) is 1. The number of rotatable bonds is 10. The van der Waals surface area contributed by atoms with E-state index in [4.69, 9.17) is 22.1 Å². The smallest absolute Gasteiger partial charge is 0.406 e. The Hall–Kier alpha value is -3.39. The van der Waals surface area contributed by atoms with Crippen LogP contribution in [0.3, 0.4) is 0 Å². The van der Waals surface area contributed by atoms with Crippen LogP contribution < -0.4 is 11.1 Å². The summed E-state index contributed by atoms with van der Waals surface area (Å²) in [4.78, 5) is 27.1. The quantitative estimate of drug-likeness (QED) is 0.268. The number of aryl methyl sites for hydroxylation is 1. The summed E-state index contributed by atoms with van der Waals surface area (Å²) in [6.07, 6.45) is 2.66. The van der Waals surface area contributed by atoms with Crippen molar-refractivity contribution in [3.05, 3.63) is 94.0 Å². The Balaban J connectivity index is 1.67. The highest BCUT2D eigenvalue weighted by atomic mass is 35.5. The Morgan fingerprint density at radius 3 is 2.61 bits per heavy atom. The fourth-order valence-electron chi connectivity index (χ4n) is 5.87. The molecule has 3 aromatic rings. The Kier molecular flexibility index (Phi) is 10.4. The van der Waals surface area contributed by atoms with Gasteiger partial charge in [0.2, 0.25) is 0 Å². The second-order valence-corrected chi connectivity index (χ2v) is 11.2. The summed E-state index contributed by atoms with van der Waals surface area (Å²) in [5, 5.41) is 16.0. The maximum Gasteiger partial charge on any atom is 0.406 e. The standard InChI is InChI=1S/C33H40ClN3O4/c1-23-7-3-8-26(21-23)30-28(10-4-11-29(30)34)33(40,17-6-19-36-32(39)41-2)27-9-5-20-37(22-27)31(38)25-14-12-24(13-15-25)16-18-35/h3-4,7-8,10-15,21,27,40H,5-6,9,16-20,22,35H2,1-2H3,(H,36,39)/t27-,33+/m1/s1. The van der Waals surface area contributed by atoms with Crippen LogP contribution in [0.2, 0.25) is 5.02 Å². The number of aliphatic hydroxyl groups is 1. The summed E-state index contributed by atoms with van der Waals surface area (Å²) >= 11 is 6.82. The van der Waals surface area contributed by atoms with E-state index in [0.29, 0.717) is 49.6 Å². The van der Waals surface area contributed by atoms with Crippen LogP contribution in [-0.2, 0) is 16.8 Å². The van der Waals surface area contributed by atoms with Gasteiger partial charge < -0.3 is 25.8 Å². The van der Waals surface area contributed by atoms with Crippen molar-refractivity contribution in [1.82, 2.24) is 10.2 Å². The Labute approximate surface area is 247 Å². The van der Waals surface area contributed by atoms with E-state index in [1.807, 2.05) is 72.5 Å². The molecule has 0 aromatic heterocycles. The third kappa shape index (κ3) is 7.28. The molecule has 4 N–H and O–H groups in total. The van der Waals surface area contributed by atoms with Crippen LogP contribution >= 0.6 is 11.6 Å². The number of ether oxygens (including phenoxy) is 1. The molecule has 7 nitrogen and oxygen atoms in total. The Morgan fingerprint density at radius 1 is 1.15 bits per heavy atom. The molecule has 4 rings (SSSR count). The van der Waals surface area contributed by atoms with Gasteiger partial charge in [-0.2, -0.15) is 0 Å². The highest BCUT2D eigenvalue weighted by Crippen LogP contribution is 2.45. The van der Waals surface area contributed by atoms with Gasteiger partial charge in [0.05, 0.1) is 12.7 Å². The first-order valence-corrected chi connectivity index (χ1v) is 14.6. The molecule has 2 amide bonds. The number of amides is 2. The molecular weight excluding hydrogens is 538 g/mol. The average molecular weight is 578 g/mol. The van der Waals surface area contributed by atoms with Crippen LogP contribution in [-0.4, -0.2) is 55.3 Å². The van der Waals surface area contributed by atoms with Gasteiger partial charge in [-0.25, -0.2) is 4.79 Å². The fraction of sp³-hybridized carbons (Fsp3) is 0.394. The minimum atomic E-state index is -1.30. The van der Waals surface area contributed by atoms with Crippen LogP contribution in [0.1, 0.15) is 52.7 Å². The summed E-state index contributed by atoms with van der Waals surface area (Å²) in [6, 6.07) is 21.3. The molecule has 1 fully saturated rings. The lowest BCUT2D eigenvalue weighted by atomic mass is 9.72. The molecule has 0 saturated carbocycles. The van der Waals surface area contributed by atoms with Crippen LogP contribution in [0.15, 0.2) is 66.7 Å². The molecule has 218 valence electrons. The summed E-state index contributed by atoms with van der Waals surface area (Å²) in [6.45, 7) is 3.96. The predicted molar refractivity (Wildman–Crippen MR) is 163 cm³/mol. The van der Waals surface area contributed by atoms with Gasteiger partial charge in [-0.05, 0) is 80.5 Å². The van der Waals surface area contributed by atoms with Gasteiger partial charge in [0.1, 0.15) is 0 Å². The number of likely N-dealkylation sites (tertiary alicyclic amines) is 1. The highest BCUT2D eigenvalue weighted by molar-refractivity contribution is 6.33. The molecule has 0 aliphatic carbocycles. The average Bonchev–Trinajstić information content (AvgIpc) is 2.99. The number of alkyl carbamates (subject to hydrolysis) is 1. The molecule has 1 saturated heterocycles. The number of hydrogen-bond acceptors (Lipinski definition) is 5. The number of carbonyl (C=O) groups is 2. The monoisotopic (exact) mass is 577 g/mol. The van der Waals surface area contributed by atoms with Gasteiger partial charge in [0.25, 0.3) is 5.91 Å². The first kappa shape index (κ1) is 30.6. The largest absolute Gasteiger partial charge is 0.453 e. The number of piperidine rings is 1. The van der Waals surface area contributed by atoms with Crippen molar-refractivity contribution >= 4 is 23.6 Å². The number of methoxy groups -OCH3 is 1. The molecule has 8 heteroatoms. The minimum Gasteiger partial charge on any atom is -0.453 e. The SMILES string of the molecule is COC(=O)NCCC[C@@](O)(c1cccc(Cl)c1-c1cccc(C)c1)[C@@H]1CCCN(C(=O)c2ccc(CCN)cc2)C1. The zero-order valence-electron chi connectivity index (χ0n) is 23.9. The van der Waals surface area contributed by atoms with E-state index in [9.17, 15) is 14.7 Å². The second-order valence-electron chi connectivity index (χ2n) is 10.8. The topological polar surface area (TPSA) is 105 Å². The van der Waals surface area contributed by atoms with Crippen molar-refractivity contribution in [2.24, 2.45) is 11.7 Å². The number of hydrogen-bond donors (Lipinski definition) is 3. The van der Waals surface area contributed by atoms with Crippen molar-refractivity contribution in [3.63, 3.8) is 0 Å². The number of nitrogens with one attached hydrogen (secondary N) is 1. The second kappa shape index (κ2) is 14.0. The maximum absolute atomic E-state index is 13.6. The minimum absolute atomic E-state index is 0.0475. The molecular formula is C33H40ClN3O4. The molecule has 41 heavy (non-hydrogen) atoms. The first-order chi connectivity index (χ1) is 19.8. The van der Waals surface area contributed by atoms with Crippen molar-refractivity contribution in [3.8, 4) is 11.1 Å². The lowest BCUT2D eigenvalue weighted by Crippen LogP contribution is -2.48. The zero-order chi connectivity index (χ0) is 29.4. The van der Waals surface area contributed by atoms with E-state index < -0.39 is 11.7 Å². The molecule has 1 heterocycles. The number of halogens is 1. The first-order valence-electron chi connectivity index (χ1n) is 14.3. The van der Waals surface area contributed by atoms with E-state index in [0.717, 1.165) is 47.1 Å². The lowest BCUT2D eigenvalue weighted by molar-refractivity contribution is -0.0563. The van der Waals surface area contributed by atoms with E-state index in [1.54, 1.807) is 0 Å². The van der Waals surface area contributed by atoms with Gasteiger partial charge >= 0.3 is 6.09 Å². The van der Waals surface area contributed by atoms with Crippen LogP contribution in [0.5, 0.6) is 0 Å². The molecule has 1 aliphatic rings. The molecule has 2 atom stereocenters. The zero-order valence-corrected chi connectivity index (χ0v) is 24.6. The van der Waals surface area contributed by atoms with Gasteiger partial charge in [-0.15, -0.1) is 0 Å². The van der Waals surface area contributed by atoms with Crippen molar-refractivity contribution in [2.75, 3.05) is 33.3 Å². The molecule has 3 aromatic carbocycles. The van der Waals surface area contributed by atoms with Crippen molar-refractivity contribution in [2.45, 2.75) is 44.6 Å². The number of nitrogens with two attached hydrogens (primary N) is 1. The van der Waals surface area contributed by atoms with E-state index >= 15 is 0 Å². The van der Waals surface area contributed by atoms with Crippen LogP contribution in [0, 0.1) is 12.8 Å². The third-order valence-electron chi connectivity index (χ3n) is 7.99. The van der Waals surface area contributed by atoms with E-state index in [1.165, 1.54) is 7.11 Å². The van der Waals surface area contributed by atoms with Gasteiger partial charge in [-0.1, -0.05) is 65.7 Å². The third-order valence-corrected chi connectivity index (χ3v) is 8.31. The number of benzene rings is 3. The van der Waals surface area contributed by atoms with Gasteiger partial charge in [-0.3, -0.25) is 4.79 Å². The van der Waals surface area contributed by atoms with Crippen molar-refractivity contribution < 1.29 is 19.4 Å². The summed E-state index contributed by atoms with van der Waals surface area (Å²) in [5.41, 5.74) is 9.64. The normalized spacial score (nSPS) is 16.6. The molecule has 0 bridgehead atoms. The molecule has 0 spiro atoms. The Bertz CT molecular complexity index is 1350. The predicted octanol–water partition coefficient (Wildman–Crippen LogP) is 5.69. The molecule has 1 aliphatic heterocycles. The highest BCUT2D eigenvalue weighted by Gasteiger charge is 2.43. The summed E-state index contributed by atoms with van der Waals surface area (Å²) in [7, 11) is 1.32. The fourth-order valence-corrected chi connectivity index (χ4v) is 6.16. The maximum atomic E-state index is 13.6. The van der Waals surface area contributed by atoms with E-state index in [2.05, 4.69) is 11.4 Å². The summed E-state index contributed by atoms with van der Waals surface area (Å²) in [5.74, 6) is -0.287. The molecule has 0 radical (unpaired) electrons. The van der Waals surface area contributed by atoms with Gasteiger partial charge in [0.15, 0.2) is 0 Å². The van der Waals surface area contributed by atoms with Gasteiger partial charge in [0, 0.05) is 41.7 Å². The van der Waals surface area contributed by atoms with Crippen molar-refractivity contribution in [1.29, 1.82) is 0 Å². The Morgan fingerprint density at radius 2 is 1.90 bits per heavy atom. The lowest BCUT2D eigenvalue weighted by Gasteiger charge is -2.44. The molecule has 0 unspecified atom stereocenters. The number of carbonyl (C=O) groups excluding carboxylic acids is 2. The van der Waals surface area contributed by atoms with E-state index in [-0.39, 0.29) is 11.8 Å².